The van der Waals surface area contributed by atoms with Crippen LogP contribution in [0.4, 0.5) is 4.39 Å². The summed E-state index contributed by atoms with van der Waals surface area (Å²) in [5.41, 5.74) is 6.66. The van der Waals surface area contributed by atoms with Crippen LogP contribution in [-0.2, 0) is 5.75 Å². The summed E-state index contributed by atoms with van der Waals surface area (Å²) in [5.74, 6) is 1.74. The quantitative estimate of drug-likeness (QED) is 0.761. The smallest absolute Gasteiger partial charge is 0.123 e. The number of halogens is 1. The topological polar surface area (TPSA) is 26.0 Å². The minimum Gasteiger partial charge on any atom is -0.328 e. The van der Waals surface area contributed by atoms with Gasteiger partial charge in [0.05, 0.1) is 0 Å². The summed E-state index contributed by atoms with van der Waals surface area (Å²) in [6.07, 6.45) is 1.01. The zero-order chi connectivity index (χ0) is 10.4. The lowest BCUT2D eigenvalue weighted by atomic mass is 10.2. The summed E-state index contributed by atoms with van der Waals surface area (Å²) in [4.78, 5) is 0. The van der Waals surface area contributed by atoms with Gasteiger partial charge in [0.2, 0.25) is 0 Å². The molecule has 0 fully saturated rings. The second kappa shape index (κ2) is 6.04. The second-order valence-corrected chi connectivity index (χ2v) is 4.55. The molecule has 0 aliphatic carbocycles. The molecule has 1 rings (SSSR count). The third kappa shape index (κ3) is 4.63. The van der Waals surface area contributed by atoms with E-state index in [1.165, 1.54) is 6.07 Å². The highest BCUT2D eigenvalue weighted by molar-refractivity contribution is 7.98. The molecule has 0 saturated heterocycles. The van der Waals surface area contributed by atoms with E-state index in [4.69, 9.17) is 5.73 Å². The van der Waals surface area contributed by atoms with Crippen molar-refractivity contribution >= 4 is 11.8 Å². The van der Waals surface area contributed by atoms with E-state index in [0.29, 0.717) is 0 Å². The molecule has 0 spiro atoms. The normalized spacial score (nSPS) is 12.8. The van der Waals surface area contributed by atoms with Crippen LogP contribution in [0.5, 0.6) is 0 Å². The summed E-state index contributed by atoms with van der Waals surface area (Å²) in [5, 5.41) is 0. The van der Waals surface area contributed by atoms with E-state index in [-0.39, 0.29) is 11.9 Å². The first-order valence-electron chi connectivity index (χ1n) is 4.76. The highest BCUT2D eigenvalue weighted by Gasteiger charge is 1.97. The van der Waals surface area contributed by atoms with Gasteiger partial charge < -0.3 is 5.73 Å². The van der Waals surface area contributed by atoms with Crippen molar-refractivity contribution in [3.05, 3.63) is 35.6 Å². The molecule has 78 valence electrons. The van der Waals surface area contributed by atoms with Gasteiger partial charge in [0, 0.05) is 11.8 Å². The molecule has 14 heavy (non-hydrogen) atoms. The number of benzene rings is 1. The summed E-state index contributed by atoms with van der Waals surface area (Å²) >= 11 is 1.80. The summed E-state index contributed by atoms with van der Waals surface area (Å²) in [7, 11) is 0. The fourth-order valence-corrected chi connectivity index (χ4v) is 2.18. The lowest BCUT2D eigenvalue weighted by molar-refractivity contribution is 0.626. The summed E-state index contributed by atoms with van der Waals surface area (Å²) in [6, 6.07) is 7.00. The van der Waals surface area contributed by atoms with E-state index in [1.807, 2.05) is 13.0 Å². The summed E-state index contributed by atoms with van der Waals surface area (Å²) in [6.45, 7) is 2.00. The van der Waals surface area contributed by atoms with Gasteiger partial charge in [0.25, 0.3) is 0 Å². The van der Waals surface area contributed by atoms with Crippen LogP contribution in [0, 0.1) is 5.82 Å². The first-order chi connectivity index (χ1) is 6.68. The molecular weight excluding hydrogens is 197 g/mol. The van der Waals surface area contributed by atoms with E-state index >= 15 is 0 Å². The zero-order valence-corrected chi connectivity index (χ0v) is 9.19. The third-order valence-corrected chi connectivity index (χ3v) is 2.94. The molecule has 0 radical (unpaired) electrons. The highest BCUT2D eigenvalue weighted by Crippen LogP contribution is 2.14. The van der Waals surface area contributed by atoms with Crippen LogP contribution in [0.1, 0.15) is 18.9 Å². The van der Waals surface area contributed by atoms with E-state index in [9.17, 15) is 4.39 Å². The first kappa shape index (κ1) is 11.5. The lowest BCUT2D eigenvalue weighted by Gasteiger charge is -2.04. The van der Waals surface area contributed by atoms with Gasteiger partial charge in [-0.3, -0.25) is 0 Å². The van der Waals surface area contributed by atoms with Crippen molar-refractivity contribution in [2.45, 2.75) is 25.1 Å². The van der Waals surface area contributed by atoms with Crippen LogP contribution in [0.2, 0.25) is 0 Å². The van der Waals surface area contributed by atoms with Crippen LogP contribution >= 0.6 is 11.8 Å². The second-order valence-electron chi connectivity index (χ2n) is 3.45. The Balaban J connectivity index is 2.25. The minimum atomic E-state index is -0.157. The fourth-order valence-electron chi connectivity index (χ4n) is 1.09. The van der Waals surface area contributed by atoms with Gasteiger partial charge >= 0.3 is 0 Å². The number of rotatable bonds is 5. The number of hydrogen-bond donors (Lipinski definition) is 1. The molecule has 3 heteroatoms. The van der Waals surface area contributed by atoms with E-state index in [0.717, 1.165) is 23.5 Å². The molecule has 0 aromatic heterocycles. The van der Waals surface area contributed by atoms with Crippen molar-refractivity contribution in [2.24, 2.45) is 5.73 Å². The molecule has 0 amide bonds. The van der Waals surface area contributed by atoms with E-state index in [1.54, 1.807) is 23.9 Å². The molecule has 1 aromatic carbocycles. The Morgan fingerprint density at radius 2 is 2.29 bits per heavy atom. The Morgan fingerprint density at radius 3 is 2.93 bits per heavy atom. The molecule has 0 heterocycles. The van der Waals surface area contributed by atoms with Gasteiger partial charge in [-0.25, -0.2) is 4.39 Å². The van der Waals surface area contributed by atoms with Gasteiger partial charge in [-0.05, 0) is 36.8 Å². The third-order valence-electron chi connectivity index (χ3n) is 1.88. The van der Waals surface area contributed by atoms with Gasteiger partial charge in [-0.15, -0.1) is 0 Å². The zero-order valence-electron chi connectivity index (χ0n) is 8.37. The lowest BCUT2D eigenvalue weighted by Crippen LogP contribution is -2.15. The number of hydrogen-bond acceptors (Lipinski definition) is 2. The molecule has 2 N–H and O–H groups in total. The van der Waals surface area contributed by atoms with Crippen molar-refractivity contribution < 1.29 is 4.39 Å². The molecule has 1 aromatic rings. The van der Waals surface area contributed by atoms with Crippen LogP contribution in [0.15, 0.2) is 24.3 Å². The Labute approximate surface area is 88.9 Å². The average Bonchev–Trinajstić information content (AvgIpc) is 2.12. The molecule has 0 aliphatic heterocycles. The Bertz CT molecular complexity index is 276. The molecule has 1 atom stereocenters. The Morgan fingerprint density at radius 1 is 1.50 bits per heavy atom. The van der Waals surface area contributed by atoms with Gasteiger partial charge in [-0.1, -0.05) is 12.1 Å². The van der Waals surface area contributed by atoms with Crippen molar-refractivity contribution in [1.29, 1.82) is 0 Å². The maximum Gasteiger partial charge on any atom is 0.123 e. The van der Waals surface area contributed by atoms with Crippen molar-refractivity contribution in [1.82, 2.24) is 0 Å². The maximum absolute atomic E-state index is 12.8. The fraction of sp³-hybridized carbons (Fsp3) is 0.455. The number of nitrogens with two attached hydrogens (primary N) is 1. The molecule has 1 nitrogen and oxygen atoms in total. The van der Waals surface area contributed by atoms with Crippen molar-refractivity contribution in [2.75, 3.05) is 5.75 Å². The van der Waals surface area contributed by atoms with Crippen molar-refractivity contribution in [3.8, 4) is 0 Å². The van der Waals surface area contributed by atoms with Crippen LogP contribution in [0.3, 0.4) is 0 Å². The Hall–Kier alpha value is -0.540. The van der Waals surface area contributed by atoms with E-state index < -0.39 is 0 Å². The Kier molecular flexibility index (Phi) is 4.98. The van der Waals surface area contributed by atoms with Crippen molar-refractivity contribution in [3.63, 3.8) is 0 Å². The predicted molar refractivity (Wildman–Crippen MR) is 60.8 cm³/mol. The molecule has 1 unspecified atom stereocenters. The molecular formula is C11H16FNS. The monoisotopic (exact) mass is 213 g/mol. The van der Waals surface area contributed by atoms with Gasteiger partial charge in [-0.2, -0.15) is 11.8 Å². The van der Waals surface area contributed by atoms with Crippen LogP contribution in [0.25, 0.3) is 0 Å². The highest BCUT2D eigenvalue weighted by atomic mass is 32.2. The average molecular weight is 213 g/mol. The van der Waals surface area contributed by atoms with E-state index in [2.05, 4.69) is 0 Å². The summed E-state index contributed by atoms with van der Waals surface area (Å²) < 4.78 is 12.8. The predicted octanol–water partition coefficient (Wildman–Crippen LogP) is 2.80. The van der Waals surface area contributed by atoms with Gasteiger partial charge in [0.1, 0.15) is 5.82 Å². The van der Waals surface area contributed by atoms with Crippen LogP contribution < -0.4 is 5.73 Å². The molecule has 0 saturated carbocycles. The standard InChI is InChI=1S/C11H16FNS/c1-9(13)5-6-14-8-10-3-2-4-11(12)7-10/h2-4,7,9H,5-6,8,13H2,1H3. The molecule has 0 bridgehead atoms. The first-order valence-corrected chi connectivity index (χ1v) is 5.91. The van der Waals surface area contributed by atoms with Gasteiger partial charge in [0.15, 0.2) is 0 Å². The minimum absolute atomic E-state index is 0.157. The maximum atomic E-state index is 12.8. The largest absolute Gasteiger partial charge is 0.328 e. The molecule has 0 aliphatic rings. The number of thioether (sulfide) groups is 1. The van der Waals surface area contributed by atoms with Crippen LogP contribution in [-0.4, -0.2) is 11.8 Å². The SMILES string of the molecule is CC(N)CCSCc1cccc(F)c1.